The molecule has 10 nitrogen and oxygen atoms in total. The Morgan fingerprint density at radius 2 is 1.74 bits per heavy atom. The molecule has 0 spiro atoms. The molecule has 0 radical (unpaired) electrons. The summed E-state index contributed by atoms with van der Waals surface area (Å²) in [6.07, 6.45) is -0.477. The predicted molar refractivity (Wildman–Crippen MR) is 165 cm³/mol. The summed E-state index contributed by atoms with van der Waals surface area (Å²) in [5.74, 6) is 1.36. The third-order valence-corrected chi connectivity index (χ3v) is 7.97. The summed E-state index contributed by atoms with van der Waals surface area (Å²) in [7, 11) is 0. The van der Waals surface area contributed by atoms with Crippen molar-refractivity contribution in [3.05, 3.63) is 89.6 Å². The molecule has 220 valence electrons. The van der Waals surface area contributed by atoms with Crippen LogP contribution in [0.5, 0.6) is 0 Å². The molecule has 11 heteroatoms. The summed E-state index contributed by atoms with van der Waals surface area (Å²) in [4.78, 5) is 28.6. The van der Waals surface area contributed by atoms with E-state index < -0.39 is 11.7 Å². The lowest BCUT2D eigenvalue weighted by Crippen LogP contribution is -2.38. The monoisotopic (exact) mass is 595 g/mol. The molecule has 6 rings (SSSR count). The van der Waals surface area contributed by atoms with Gasteiger partial charge in [-0.3, -0.25) is 9.48 Å². The number of aromatic nitrogens is 5. The second-order valence-corrected chi connectivity index (χ2v) is 12.3. The van der Waals surface area contributed by atoms with Gasteiger partial charge in [0.05, 0.1) is 18.8 Å². The maximum Gasteiger partial charge on any atom is 0.407 e. The second-order valence-electron chi connectivity index (χ2n) is 11.3. The Balaban J connectivity index is 1.21. The zero-order chi connectivity index (χ0) is 30.0. The van der Waals surface area contributed by atoms with Gasteiger partial charge < -0.3 is 19.5 Å². The summed E-state index contributed by atoms with van der Waals surface area (Å²) < 4.78 is 9.26. The van der Waals surface area contributed by atoms with Gasteiger partial charge in [-0.05, 0) is 56.0 Å². The van der Waals surface area contributed by atoms with Crippen molar-refractivity contribution < 1.29 is 14.3 Å². The number of amides is 2. The smallest absolute Gasteiger partial charge is 0.407 e. The molecule has 0 saturated carbocycles. The fraction of sp³-hybridized carbons (Fsp3) is 0.281. The van der Waals surface area contributed by atoms with Gasteiger partial charge in [0.15, 0.2) is 11.6 Å². The Morgan fingerprint density at radius 1 is 0.953 bits per heavy atom. The van der Waals surface area contributed by atoms with Crippen molar-refractivity contribution >= 4 is 23.3 Å². The molecular formula is C32H33N7O3S. The van der Waals surface area contributed by atoms with Gasteiger partial charge in [-0.15, -0.1) is 21.5 Å². The average molecular weight is 596 g/mol. The van der Waals surface area contributed by atoms with Crippen molar-refractivity contribution in [2.45, 2.75) is 46.0 Å². The highest BCUT2D eigenvalue weighted by Crippen LogP contribution is 2.28. The molecule has 4 heterocycles. The zero-order valence-electron chi connectivity index (χ0n) is 24.4. The van der Waals surface area contributed by atoms with E-state index in [-0.39, 0.29) is 5.91 Å². The van der Waals surface area contributed by atoms with Crippen molar-refractivity contribution in [1.29, 1.82) is 0 Å². The van der Waals surface area contributed by atoms with Crippen LogP contribution in [-0.2, 0) is 24.4 Å². The minimum absolute atomic E-state index is 0.0295. The van der Waals surface area contributed by atoms with Crippen molar-refractivity contribution in [2.75, 3.05) is 13.1 Å². The highest BCUT2D eigenvalue weighted by Gasteiger charge is 2.27. The molecule has 43 heavy (non-hydrogen) atoms. The number of hydrogen-bond donors (Lipinski definition) is 1. The summed E-state index contributed by atoms with van der Waals surface area (Å²) >= 11 is 1.68. The standard InChI is InChI=1S/C32H33N7O3S/c1-32(2,3)42-31(41)33-15-16-39-26(20-25(36-39)22-8-5-4-6-9-22)29-35-34-28-21-37(17-18-38(28)29)30(40)24-13-11-23(12-14-24)27-10-7-19-43-27/h4-14,19-20H,15-18,21H2,1-3H3,(H,33,41). The molecule has 0 atom stereocenters. The molecule has 1 N–H and O–H groups in total. The molecule has 1 aliphatic heterocycles. The van der Waals surface area contributed by atoms with Crippen LogP contribution in [0.1, 0.15) is 37.0 Å². The first kappa shape index (κ1) is 28.4. The van der Waals surface area contributed by atoms with Crippen LogP contribution < -0.4 is 5.32 Å². The lowest BCUT2D eigenvalue weighted by atomic mass is 10.1. The van der Waals surface area contributed by atoms with Gasteiger partial charge in [0.1, 0.15) is 11.3 Å². The minimum atomic E-state index is -0.579. The maximum absolute atomic E-state index is 13.4. The largest absolute Gasteiger partial charge is 0.444 e. The minimum Gasteiger partial charge on any atom is -0.444 e. The number of alkyl carbamates (subject to hydrolysis) is 1. The fourth-order valence-electron chi connectivity index (χ4n) is 5.02. The highest BCUT2D eigenvalue weighted by molar-refractivity contribution is 7.13. The van der Waals surface area contributed by atoms with Crippen LogP contribution in [-0.4, -0.2) is 60.1 Å². The van der Waals surface area contributed by atoms with Crippen LogP contribution in [0.15, 0.2) is 78.2 Å². The first-order valence-corrected chi connectivity index (χ1v) is 15.1. The molecule has 0 unspecified atom stereocenters. The van der Waals surface area contributed by atoms with E-state index >= 15 is 0 Å². The lowest BCUT2D eigenvalue weighted by Gasteiger charge is -2.28. The Morgan fingerprint density at radius 3 is 2.47 bits per heavy atom. The summed E-state index contributed by atoms with van der Waals surface area (Å²) in [5, 5.41) is 18.7. The van der Waals surface area contributed by atoms with Crippen LogP contribution in [0.4, 0.5) is 4.79 Å². The number of thiophene rings is 1. The number of fused-ring (bicyclic) bond motifs is 1. The summed E-state index contributed by atoms with van der Waals surface area (Å²) in [5.41, 5.74) is 3.73. The van der Waals surface area contributed by atoms with E-state index in [0.717, 1.165) is 22.5 Å². The van der Waals surface area contributed by atoms with E-state index in [1.807, 2.05) is 107 Å². The molecule has 3 aromatic heterocycles. The third kappa shape index (κ3) is 6.36. The van der Waals surface area contributed by atoms with E-state index in [1.54, 1.807) is 11.3 Å². The van der Waals surface area contributed by atoms with Gasteiger partial charge >= 0.3 is 6.09 Å². The van der Waals surface area contributed by atoms with Crippen molar-refractivity contribution in [3.63, 3.8) is 0 Å². The molecule has 0 aliphatic carbocycles. The maximum atomic E-state index is 13.4. The quantitative estimate of drug-likeness (QED) is 0.258. The molecule has 0 fully saturated rings. The SMILES string of the molecule is CC(C)(C)OC(=O)NCCn1nc(-c2ccccc2)cc1-c1nnc2n1CCN(C(=O)c1ccc(-c3cccs3)cc1)C2. The topological polar surface area (TPSA) is 107 Å². The first-order valence-electron chi connectivity index (χ1n) is 14.2. The number of nitrogens with one attached hydrogen (secondary N) is 1. The second kappa shape index (κ2) is 11.8. The molecule has 2 aromatic carbocycles. The van der Waals surface area contributed by atoms with Crippen molar-refractivity contribution in [1.82, 2.24) is 34.8 Å². The number of carbonyl (C=O) groups is 2. The molecule has 5 aromatic rings. The number of hydrogen-bond acceptors (Lipinski definition) is 7. The number of carbonyl (C=O) groups excluding carboxylic acids is 2. The average Bonchev–Trinajstić information content (AvgIpc) is 3.76. The van der Waals surface area contributed by atoms with Gasteiger partial charge in [0.2, 0.25) is 0 Å². The Kier molecular flexibility index (Phi) is 7.81. The number of ether oxygens (including phenoxy) is 1. The van der Waals surface area contributed by atoms with Gasteiger partial charge in [0.25, 0.3) is 5.91 Å². The van der Waals surface area contributed by atoms with E-state index in [0.29, 0.717) is 49.9 Å². The zero-order valence-corrected chi connectivity index (χ0v) is 25.2. The van der Waals surface area contributed by atoms with Gasteiger partial charge in [0, 0.05) is 35.6 Å². The summed E-state index contributed by atoms with van der Waals surface area (Å²) in [6.45, 7) is 7.67. The van der Waals surface area contributed by atoms with Crippen LogP contribution >= 0.6 is 11.3 Å². The number of rotatable bonds is 7. The Labute approximate surface area is 253 Å². The van der Waals surface area contributed by atoms with Crippen LogP contribution in [0.3, 0.4) is 0 Å². The van der Waals surface area contributed by atoms with Gasteiger partial charge in [-0.1, -0.05) is 48.5 Å². The lowest BCUT2D eigenvalue weighted by molar-refractivity contribution is 0.0525. The van der Waals surface area contributed by atoms with Crippen molar-refractivity contribution in [2.24, 2.45) is 0 Å². The van der Waals surface area contributed by atoms with Crippen LogP contribution in [0.2, 0.25) is 0 Å². The molecule has 1 aliphatic rings. The van der Waals surface area contributed by atoms with Gasteiger partial charge in [-0.25, -0.2) is 4.79 Å². The third-order valence-electron chi connectivity index (χ3n) is 7.05. The fourth-order valence-corrected chi connectivity index (χ4v) is 5.75. The van der Waals surface area contributed by atoms with Crippen LogP contribution in [0, 0.1) is 0 Å². The number of benzene rings is 2. The van der Waals surface area contributed by atoms with E-state index in [1.165, 1.54) is 4.88 Å². The Hall–Kier alpha value is -4.77. The van der Waals surface area contributed by atoms with Gasteiger partial charge in [-0.2, -0.15) is 5.10 Å². The Bertz CT molecular complexity index is 1720. The van der Waals surface area contributed by atoms with E-state index in [4.69, 9.17) is 9.84 Å². The predicted octanol–water partition coefficient (Wildman–Crippen LogP) is 5.72. The normalized spacial score (nSPS) is 13.0. The van der Waals surface area contributed by atoms with E-state index in [2.05, 4.69) is 21.6 Å². The molecule has 0 saturated heterocycles. The van der Waals surface area contributed by atoms with E-state index in [9.17, 15) is 9.59 Å². The molecular weight excluding hydrogens is 562 g/mol. The van der Waals surface area contributed by atoms with Crippen LogP contribution in [0.25, 0.3) is 33.2 Å². The molecule has 2 amide bonds. The van der Waals surface area contributed by atoms with Crippen molar-refractivity contribution in [3.8, 4) is 33.2 Å². The highest BCUT2D eigenvalue weighted by atomic mass is 32.1. The number of nitrogens with zero attached hydrogens (tertiary/aromatic N) is 6. The first-order chi connectivity index (χ1) is 20.7. The molecule has 0 bridgehead atoms. The summed E-state index contributed by atoms with van der Waals surface area (Å²) in [6, 6.07) is 23.8.